The van der Waals surface area contributed by atoms with Crippen LogP contribution >= 0.6 is 11.6 Å². The molecule has 21 heavy (non-hydrogen) atoms. The number of pyridine rings is 1. The van der Waals surface area contributed by atoms with Crippen LogP contribution in [0.1, 0.15) is 25.0 Å². The van der Waals surface area contributed by atoms with Gasteiger partial charge in [-0.1, -0.05) is 35.0 Å². The number of hydrogen-bond acceptors (Lipinski definition) is 3. The molecule has 0 bridgehead atoms. The lowest BCUT2D eigenvalue weighted by molar-refractivity contribution is 0.0355. The number of oxime groups is 1. The van der Waals surface area contributed by atoms with Gasteiger partial charge in [-0.2, -0.15) is 0 Å². The monoisotopic (exact) mass is 298 g/mol. The number of aromatic nitrogens is 1. The van der Waals surface area contributed by atoms with Gasteiger partial charge in [-0.15, -0.1) is 0 Å². The first-order valence-corrected chi connectivity index (χ1v) is 7.09. The van der Waals surface area contributed by atoms with E-state index < -0.39 is 5.60 Å². The zero-order valence-corrected chi connectivity index (χ0v) is 12.6. The summed E-state index contributed by atoms with van der Waals surface area (Å²) in [5.41, 5.74) is 3.40. The molecule has 1 aromatic heterocycles. The smallest absolute Gasteiger partial charge is 0.159 e. The van der Waals surface area contributed by atoms with Gasteiger partial charge in [0, 0.05) is 28.6 Å². The summed E-state index contributed by atoms with van der Waals surface area (Å²) in [7, 11) is 0. The Hall–Kier alpha value is -2.13. The lowest BCUT2D eigenvalue weighted by Crippen LogP contribution is -2.23. The van der Waals surface area contributed by atoms with Crippen molar-refractivity contribution in [2.24, 2.45) is 5.16 Å². The van der Waals surface area contributed by atoms with Crippen molar-refractivity contribution in [1.82, 2.24) is 4.98 Å². The fourth-order valence-corrected chi connectivity index (χ4v) is 2.36. The zero-order chi connectivity index (χ0) is 14.9. The number of halogens is 1. The Bertz CT molecular complexity index is 703. The molecule has 0 N–H and O–H groups in total. The number of rotatable bonds is 2. The first-order chi connectivity index (χ1) is 10.1. The van der Waals surface area contributed by atoms with E-state index in [1.165, 1.54) is 0 Å². The summed E-state index contributed by atoms with van der Waals surface area (Å²) in [6, 6.07) is 11.5. The van der Waals surface area contributed by atoms with Crippen LogP contribution in [-0.2, 0) is 4.84 Å². The minimum atomic E-state index is -0.467. The molecule has 0 amide bonds. The fraction of sp³-hybridized carbons (Fsp3) is 0.176. The van der Waals surface area contributed by atoms with Crippen LogP contribution < -0.4 is 0 Å². The summed E-state index contributed by atoms with van der Waals surface area (Å²) in [6.07, 6.45) is 5.64. The molecule has 1 aliphatic rings. The summed E-state index contributed by atoms with van der Waals surface area (Å²) in [6.45, 7) is 4.00. The van der Waals surface area contributed by atoms with Gasteiger partial charge in [-0.25, -0.2) is 0 Å². The zero-order valence-electron chi connectivity index (χ0n) is 11.9. The van der Waals surface area contributed by atoms with Crippen LogP contribution in [0.25, 0.3) is 6.08 Å². The summed E-state index contributed by atoms with van der Waals surface area (Å²) in [4.78, 5) is 9.73. The molecule has 106 valence electrons. The van der Waals surface area contributed by atoms with Crippen molar-refractivity contribution in [3.05, 3.63) is 70.5 Å². The third-order valence-corrected chi connectivity index (χ3v) is 3.63. The van der Waals surface area contributed by atoms with Crippen LogP contribution in [-0.4, -0.2) is 16.3 Å². The number of hydrogen-bond donors (Lipinski definition) is 0. The van der Waals surface area contributed by atoms with Crippen LogP contribution in [0.2, 0.25) is 5.02 Å². The molecule has 2 heterocycles. The molecule has 3 nitrogen and oxygen atoms in total. The van der Waals surface area contributed by atoms with Crippen LogP contribution in [0.5, 0.6) is 0 Å². The van der Waals surface area contributed by atoms with Gasteiger partial charge < -0.3 is 4.84 Å². The van der Waals surface area contributed by atoms with E-state index in [4.69, 9.17) is 16.4 Å². The highest BCUT2D eigenvalue weighted by molar-refractivity contribution is 6.30. The highest BCUT2D eigenvalue weighted by Gasteiger charge is 2.35. The minimum Gasteiger partial charge on any atom is -0.384 e. The third kappa shape index (κ3) is 2.83. The van der Waals surface area contributed by atoms with E-state index in [-0.39, 0.29) is 0 Å². The van der Waals surface area contributed by atoms with Crippen molar-refractivity contribution < 1.29 is 4.84 Å². The van der Waals surface area contributed by atoms with Gasteiger partial charge in [0.2, 0.25) is 0 Å². The molecule has 0 saturated carbocycles. The fourth-order valence-electron chi connectivity index (χ4n) is 2.23. The molecular weight excluding hydrogens is 284 g/mol. The van der Waals surface area contributed by atoms with E-state index in [9.17, 15) is 0 Å². The van der Waals surface area contributed by atoms with E-state index in [2.05, 4.69) is 16.2 Å². The van der Waals surface area contributed by atoms with Crippen LogP contribution in [0.3, 0.4) is 0 Å². The van der Waals surface area contributed by atoms with Gasteiger partial charge in [0.15, 0.2) is 5.60 Å². The summed E-state index contributed by atoms with van der Waals surface area (Å²) in [5, 5.41) is 4.95. The molecule has 0 spiro atoms. The van der Waals surface area contributed by atoms with Gasteiger partial charge in [-0.3, -0.25) is 4.98 Å². The number of nitrogens with zero attached hydrogens (tertiary/aromatic N) is 2. The second-order valence-corrected chi connectivity index (χ2v) is 5.83. The van der Waals surface area contributed by atoms with Crippen LogP contribution in [0, 0.1) is 0 Å². The first-order valence-electron chi connectivity index (χ1n) is 6.71. The largest absolute Gasteiger partial charge is 0.384 e. The average molecular weight is 299 g/mol. The highest BCUT2D eigenvalue weighted by Crippen LogP contribution is 2.33. The van der Waals surface area contributed by atoms with Gasteiger partial charge in [0.25, 0.3) is 0 Å². The molecule has 0 radical (unpaired) electrons. The molecule has 0 saturated heterocycles. The summed E-state index contributed by atoms with van der Waals surface area (Å²) < 4.78 is 0. The molecule has 4 heteroatoms. The van der Waals surface area contributed by atoms with Crippen molar-refractivity contribution in [2.45, 2.75) is 19.4 Å². The van der Waals surface area contributed by atoms with Gasteiger partial charge in [0.1, 0.15) is 5.71 Å². The Labute approximate surface area is 128 Å². The summed E-state index contributed by atoms with van der Waals surface area (Å²) >= 11 is 5.95. The van der Waals surface area contributed by atoms with E-state index >= 15 is 0 Å². The molecule has 3 rings (SSSR count). The quantitative estimate of drug-likeness (QED) is 0.827. The lowest BCUT2D eigenvalue weighted by Gasteiger charge is -2.18. The molecular formula is C17H15ClN2O. The van der Waals surface area contributed by atoms with E-state index in [1.807, 2.05) is 56.4 Å². The van der Waals surface area contributed by atoms with Gasteiger partial charge in [0.05, 0.1) is 0 Å². The Kier molecular flexibility index (Phi) is 3.52. The molecule has 0 aliphatic carbocycles. The highest BCUT2D eigenvalue weighted by atomic mass is 35.5. The SMILES string of the molecule is CC1(C)ON=C(c2ccc(Cl)cc2)/C1=C/c1cccnc1. The van der Waals surface area contributed by atoms with Gasteiger partial charge >= 0.3 is 0 Å². The van der Waals surface area contributed by atoms with Gasteiger partial charge in [-0.05, 0) is 43.7 Å². The Morgan fingerprint density at radius 1 is 1.14 bits per heavy atom. The summed E-state index contributed by atoms with van der Waals surface area (Å²) in [5.74, 6) is 0. The predicted octanol–water partition coefficient (Wildman–Crippen LogP) is 4.33. The van der Waals surface area contributed by atoms with Crippen molar-refractivity contribution >= 4 is 23.4 Å². The molecule has 0 fully saturated rings. The Balaban J connectivity index is 2.04. The second-order valence-electron chi connectivity index (χ2n) is 5.39. The van der Waals surface area contributed by atoms with Crippen LogP contribution in [0.4, 0.5) is 0 Å². The molecule has 0 atom stereocenters. The van der Waals surface area contributed by atoms with Crippen molar-refractivity contribution in [3.8, 4) is 0 Å². The second kappa shape index (κ2) is 5.34. The lowest BCUT2D eigenvalue weighted by atomic mass is 9.89. The van der Waals surface area contributed by atoms with E-state index in [0.29, 0.717) is 5.02 Å². The molecule has 1 aromatic carbocycles. The topological polar surface area (TPSA) is 34.5 Å². The maximum absolute atomic E-state index is 5.95. The maximum atomic E-state index is 5.95. The van der Waals surface area contributed by atoms with Crippen molar-refractivity contribution in [1.29, 1.82) is 0 Å². The minimum absolute atomic E-state index is 0.467. The van der Waals surface area contributed by atoms with E-state index in [0.717, 1.165) is 22.4 Å². The molecule has 1 aliphatic heterocycles. The predicted molar refractivity (Wildman–Crippen MR) is 85.4 cm³/mol. The standard InChI is InChI=1S/C17H15ClN2O/c1-17(2)15(10-12-4-3-9-19-11-12)16(20-21-17)13-5-7-14(18)8-6-13/h3-11H,1-2H3/b15-10-. The van der Waals surface area contributed by atoms with Crippen molar-refractivity contribution in [2.75, 3.05) is 0 Å². The van der Waals surface area contributed by atoms with Crippen molar-refractivity contribution in [3.63, 3.8) is 0 Å². The third-order valence-electron chi connectivity index (χ3n) is 3.38. The maximum Gasteiger partial charge on any atom is 0.159 e. The van der Waals surface area contributed by atoms with E-state index in [1.54, 1.807) is 6.20 Å². The Morgan fingerprint density at radius 2 is 1.90 bits per heavy atom. The first kappa shape index (κ1) is 13.8. The average Bonchev–Trinajstić information content (AvgIpc) is 2.77. The Morgan fingerprint density at radius 3 is 2.57 bits per heavy atom. The molecule has 0 unspecified atom stereocenters. The number of benzene rings is 1. The normalized spacial score (nSPS) is 18.4. The molecule has 2 aromatic rings. The van der Waals surface area contributed by atoms with Crippen LogP contribution in [0.15, 0.2) is 59.5 Å².